The third-order valence-electron chi connectivity index (χ3n) is 6.21. The van der Waals surface area contributed by atoms with E-state index in [1.54, 1.807) is 0 Å². The molecule has 0 amide bonds. The zero-order chi connectivity index (χ0) is 20.9. The Bertz CT molecular complexity index is 493. The fourth-order valence-corrected chi connectivity index (χ4v) is 4.17. The lowest BCUT2D eigenvalue weighted by molar-refractivity contribution is 0.0380. The van der Waals surface area contributed by atoms with Crippen molar-refractivity contribution in [3.05, 3.63) is 12.2 Å². The molecule has 0 bridgehead atoms. The molecule has 28 heavy (non-hydrogen) atoms. The minimum absolute atomic E-state index is 0.0841. The lowest BCUT2D eigenvalue weighted by atomic mass is 10.1. The Hall–Kier alpha value is -0.563. The van der Waals surface area contributed by atoms with Crippen LogP contribution in [0.5, 0.6) is 0 Å². The van der Waals surface area contributed by atoms with Gasteiger partial charge in [0, 0.05) is 0 Å². The molecule has 0 saturated carbocycles. The van der Waals surface area contributed by atoms with Gasteiger partial charge in [-0.3, -0.25) is 0 Å². The standard InChI is InChI=1S/C25H46O2Si/c1-7-8-9-10-11-12-13-14-15-16-17-18-19-23-20-21-24(27-23)22-26-28(5,6)25(2,3)4/h16-17,23-24H,7-15,20-22H2,1-6H3/b17-16+/t23-,24+/m1/s1. The first-order valence-corrected chi connectivity index (χ1v) is 14.6. The van der Waals surface area contributed by atoms with Gasteiger partial charge in [-0.2, -0.15) is 0 Å². The van der Waals surface area contributed by atoms with Crippen LogP contribution in [0, 0.1) is 11.8 Å². The van der Waals surface area contributed by atoms with Crippen molar-refractivity contribution >= 4 is 8.32 Å². The van der Waals surface area contributed by atoms with Crippen molar-refractivity contribution in [3.63, 3.8) is 0 Å². The van der Waals surface area contributed by atoms with Gasteiger partial charge in [0.05, 0.1) is 12.7 Å². The maximum Gasteiger partial charge on any atom is 0.192 e. The number of allylic oxidation sites excluding steroid dienone is 2. The van der Waals surface area contributed by atoms with E-state index in [2.05, 4.69) is 58.7 Å². The van der Waals surface area contributed by atoms with Crippen LogP contribution in [0.1, 0.15) is 98.3 Å². The highest BCUT2D eigenvalue weighted by Crippen LogP contribution is 2.37. The Labute approximate surface area is 177 Å². The topological polar surface area (TPSA) is 18.5 Å². The van der Waals surface area contributed by atoms with Gasteiger partial charge >= 0.3 is 0 Å². The van der Waals surface area contributed by atoms with Crippen LogP contribution in [-0.4, -0.2) is 27.1 Å². The Morgan fingerprint density at radius 2 is 1.64 bits per heavy atom. The van der Waals surface area contributed by atoms with E-state index in [1.165, 1.54) is 51.4 Å². The molecule has 0 aromatic heterocycles. The van der Waals surface area contributed by atoms with Crippen molar-refractivity contribution in [1.82, 2.24) is 0 Å². The predicted molar refractivity (Wildman–Crippen MR) is 125 cm³/mol. The number of unbranched alkanes of at least 4 members (excludes halogenated alkanes) is 8. The molecule has 2 atom stereocenters. The average molecular weight is 407 g/mol. The van der Waals surface area contributed by atoms with Crippen LogP contribution in [0.3, 0.4) is 0 Å². The summed E-state index contributed by atoms with van der Waals surface area (Å²) >= 11 is 0. The maximum atomic E-state index is 6.29. The molecule has 1 saturated heterocycles. The normalized spacial score (nSPS) is 20.5. The number of rotatable bonds is 12. The predicted octanol–water partition coefficient (Wildman–Crippen LogP) is 7.65. The van der Waals surface area contributed by atoms with E-state index in [-0.39, 0.29) is 17.2 Å². The molecule has 1 aliphatic heterocycles. The molecule has 1 heterocycles. The SMILES string of the molecule is CCCCCCCCCC/C=C/C#C[C@@H]1CC[C@@H](CO[Si](C)(C)C(C)(C)C)O1. The van der Waals surface area contributed by atoms with Crippen molar-refractivity contribution in [2.75, 3.05) is 6.61 Å². The first-order chi connectivity index (χ1) is 13.3. The van der Waals surface area contributed by atoms with Crippen LogP contribution in [0.25, 0.3) is 0 Å². The van der Waals surface area contributed by atoms with E-state index in [1.807, 2.05) is 6.08 Å². The van der Waals surface area contributed by atoms with Crippen LogP contribution >= 0.6 is 0 Å². The Balaban J connectivity index is 2.11. The summed E-state index contributed by atoms with van der Waals surface area (Å²) in [6, 6.07) is 0. The molecule has 162 valence electrons. The monoisotopic (exact) mass is 406 g/mol. The zero-order valence-corrected chi connectivity index (χ0v) is 20.6. The summed E-state index contributed by atoms with van der Waals surface area (Å²) in [7, 11) is -1.68. The summed E-state index contributed by atoms with van der Waals surface area (Å²) < 4.78 is 12.4. The van der Waals surface area contributed by atoms with Crippen LogP contribution in [-0.2, 0) is 9.16 Å². The van der Waals surface area contributed by atoms with E-state index in [9.17, 15) is 0 Å². The second-order valence-electron chi connectivity index (χ2n) is 9.85. The molecule has 0 spiro atoms. The largest absolute Gasteiger partial charge is 0.414 e. The maximum absolute atomic E-state index is 6.29. The molecular weight excluding hydrogens is 360 g/mol. The Kier molecular flexibility index (Phi) is 12.4. The summed E-state index contributed by atoms with van der Waals surface area (Å²) in [6.07, 6.45) is 18.8. The average Bonchev–Trinajstić information content (AvgIpc) is 3.08. The summed E-state index contributed by atoms with van der Waals surface area (Å²) in [4.78, 5) is 0. The highest BCUT2D eigenvalue weighted by Gasteiger charge is 2.38. The fraction of sp³-hybridized carbons (Fsp3) is 0.840. The molecule has 1 fully saturated rings. The first kappa shape index (κ1) is 25.5. The molecule has 0 aromatic rings. The van der Waals surface area contributed by atoms with Crippen molar-refractivity contribution < 1.29 is 9.16 Å². The van der Waals surface area contributed by atoms with Crippen LogP contribution in [0.4, 0.5) is 0 Å². The van der Waals surface area contributed by atoms with Gasteiger partial charge in [0.1, 0.15) is 6.10 Å². The highest BCUT2D eigenvalue weighted by atomic mass is 28.4. The molecule has 2 nitrogen and oxygen atoms in total. The van der Waals surface area contributed by atoms with Crippen LogP contribution in [0.2, 0.25) is 18.1 Å². The van der Waals surface area contributed by atoms with Gasteiger partial charge in [0.15, 0.2) is 8.32 Å². The molecule has 1 aliphatic rings. The van der Waals surface area contributed by atoms with Gasteiger partial charge in [0.2, 0.25) is 0 Å². The quantitative estimate of drug-likeness (QED) is 0.188. The summed E-state index contributed by atoms with van der Waals surface area (Å²) in [5, 5.41) is 0.255. The van der Waals surface area contributed by atoms with Crippen molar-refractivity contribution in [2.45, 2.75) is 129 Å². The molecular formula is C25H46O2Si. The minimum atomic E-state index is -1.68. The molecule has 0 unspecified atom stereocenters. The second kappa shape index (κ2) is 13.6. The fourth-order valence-electron chi connectivity index (χ4n) is 3.13. The van der Waals surface area contributed by atoms with Crippen LogP contribution < -0.4 is 0 Å². The lowest BCUT2D eigenvalue weighted by Crippen LogP contribution is -2.42. The molecule has 0 aliphatic carbocycles. The van der Waals surface area contributed by atoms with Gasteiger partial charge in [-0.15, -0.1) is 0 Å². The Morgan fingerprint density at radius 3 is 2.29 bits per heavy atom. The minimum Gasteiger partial charge on any atom is -0.414 e. The van der Waals surface area contributed by atoms with E-state index in [0.29, 0.717) is 0 Å². The van der Waals surface area contributed by atoms with Gasteiger partial charge in [-0.05, 0) is 49.9 Å². The van der Waals surface area contributed by atoms with Crippen molar-refractivity contribution in [3.8, 4) is 11.8 Å². The third kappa shape index (κ3) is 10.8. The Morgan fingerprint density at radius 1 is 1.00 bits per heavy atom. The van der Waals surface area contributed by atoms with E-state index in [0.717, 1.165) is 25.9 Å². The van der Waals surface area contributed by atoms with E-state index >= 15 is 0 Å². The van der Waals surface area contributed by atoms with Crippen LogP contribution in [0.15, 0.2) is 12.2 Å². The molecule has 0 aromatic carbocycles. The summed E-state index contributed by atoms with van der Waals surface area (Å²) in [5.74, 6) is 6.45. The molecule has 1 rings (SSSR count). The van der Waals surface area contributed by atoms with Crippen molar-refractivity contribution in [2.24, 2.45) is 0 Å². The smallest absolute Gasteiger partial charge is 0.192 e. The summed E-state index contributed by atoms with van der Waals surface area (Å²) in [5.41, 5.74) is 0. The van der Waals surface area contributed by atoms with Gasteiger partial charge in [0.25, 0.3) is 0 Å². The zero-order valence-electron chi connectivity index (χ0n) is 19.6. The highest BCUT2D eigenvalue weighted by molar-refractivity contribution is 6.74. The number of hydrogen-bond acceptors (Lipinski definition) is 2. The van der Waals surface area contributed by atoms with Crippen molar-refractivity contribution in [1.29, 1.82) is 0 Å². The molecule has 0 radical (unpaired) electrons. The first-order valence-electron chi connectivity index (χ1n) is 11.7. The lowest BCUT2D eigenvalue weighted by Gasteiger charge is -2.36. The van der Waals surface area contributed by atoms with Gasteiger partial charge < -0.3 is 9.16 Å². The number of ether oxygens (including phenoxy) is 1. The second-order valence-corrected chi connectivity index (χ2v) is 14.7. The van der Waals surface area contributed by atoms with E-state index < -0.39 is 8.32 Å². The number of hydrogen-bond donors (Lipinski definition) is 0. The van der Waals surface area contributed by atoms with Gasteiger partial charge in [-0.25, -0.2) is 0 Å². The third-order valence-corrected chi connectivity index (χ3v) is 10.7. The molecule has 0 N–H and O–H groups in total. The summed E-state index contributed by atoms with van der Waals surface area (Å²) in [6.45, 7) is 14.4. The molecule has 3 heteroatoms. The van der Waals surface area contributed by atoms with Gasteiger partial charge in [-0.1, -0.05) is 90.6 Å². The van der Waals surface area contributed by atoms with E-state index in [4.69, 9.17) is 9.16 Å².